The Bertz CT molecular complexity index is 424. The molecule has 1 aliphatic heterocycles. The van der Waals surface area contributed by atoms with Gasteiger partial charge in [-0.3, -0.25) is 4.79 Å². The summed E-state index contributed by atoms with van der Waals surface area (Å²) in [7, 11) is 0. The average Bonchev–Trinajstić information content (AvgIpc) is 2.88. The van der Waals surface area contributed by atoms with Crippen LogP contribution in [0, 0.1) is 0 Å². The van der Waals surface area contributed by atoms with Gasteiger partial charge < -0.3 is 10.1 Å². The molecule has 0 amide bonds. The number of benzene rings is 1. The summed E-state index contributed by atoms with van der Waals surface area (Å²) >= 11 is 3.39. The van der Waals surface area contributed by atoms with Crippen LogP contribution in [-0.4, -0.2) is 18.1 Å². The fraction of sp³-hybridized carbons (Fsp3) is 0.533. The SMILES string of the molecule is CCCC1(C(=O)OCc2ccc(Br)cc2)CCCN1. The molecule has 1 aromatic carbocycles. The van der Waals surface area contributed by atoms with Crippen LogP contribution in [0.3, 0.4) is 0 Å². The van der Waals surface area contributed by atoms with Gasteiger partial charge in [0.1, 0.15) is 12.1 Å². The van der Waals surface area contributed by atoms with Crippen molar-refractivity contribution in [3.05, 3.63) is 34.3 Å². The number of esters is 1. The molecule has 1 N–H and O–H groups in total. The van der Waals surface area contributed by atoms with Gasteiger partial charge in [0.15, 0.2) is 0 Å². The maximum atomic E-state index is 12.3. The third-order valence-electron chi connectivity index (χ3n) is 3.59. The van der Waals surface area contributed by atoms with Gasteiger partial charge in [-0.2, -0.15) is 0 Å². The predicted molar refractivity (Wildman–Crippen MR) is 78.8 cm³/mol. The summed E-state index contributed by atoms with van der Waals surface area (Å²) in [5, 5.41) is 3.33. The molecule has 0 aromatic heterocycles. The normalized spacial score (nSPS) is 22.4. The first-order valence-corrected chi connectivity index (χ1v) is 7.62. The summed E-state index contributed by atoms with van der Waals surface area (Å²) in [6.45, 7) is 3.36. The van der Waals surface area contributed by atoms with Crippen LogP contribution in [0.25, 0.3) is 0 Å². The molecule has 19 heavy (non-hydrogen) atoms. The Labute approximate surface area is 122 Å². The van der Waals surface area contributed by atoms with E-state index in [-0.39, 0.29) is 5.97 Å². The van der Waals surface area contributed by atoms with E-state index >= 15 is 0 Å². The van der Waals surface area contributed by atoms with E-state index in [9.17, 15) is 4.79 Å². The molecule has 1 fully saturated rings. The Morgan fingerprint density at radius 1 is 1.42 bits per heavy atom. The van der Waals surface area contributed by atoms with Crippen LogP contribution in [0.1, 0.15) is 38.2 Å². The average molecular weight is 326 g/mol. The molecular formula is C15H20BrNO2. The standard InChI is InChI=1S/C15H20BrNO2/c1-2-8-15(9-3-10-17-15)14(18)19-11-12-4-6-13(16)7-5-12/h4-7,17H,2-3,8-11H2,1H3. The van der Waals surface area contributed by atoms with E-state index in [2.05, 4.69) is 28.2 Å². The fourth-order valence-corrected chi connectivity index (χ4v) is 2.85. The van der Waals surface area contributed by atoms with Gasteiger partial charge in [0.2, 0.25) is 0 Å². The molecule has 1 heterocycles. The number of ether oxygens (including phenoxy) is 1. The highest BCUT2D eigenvalue weighted by Crippen LogP contribution is 2.26. The minimum absolute atomic E-state index is 0.102. The second-order valence-corrected chi connectivity index (χ2v) is 5.98. The lowest BCUT2D eigenvalue weighted by molar-refractivity contribution is -0.152. The quantitative estimate of drug-likeness (QED) is 0.843. The number of nitrogens with one attached hydrogen (secondary N) is 1. The molecule has 0 spiro atoms. The maximum Gasteiger partial charge on any atom is 0.326 e. The zero-order valence-electron chi connectivity index (χ0n) is 11.2. The Morgan fingerprint density at radius 3 is 2.74 bits per heavy atom. The highest BCUT2D eigenvalue weighted by molar-refractivity contribution is 9.10. The Hall–Kier alpha value is -0.870. The number of carbonyl (C=O) groups excluding carboxylic acids is 1. The summed E-state index contributed by atoms with van der Waals surface area (Å²) in [6, 6.07) is 7.84. The van der Waals surface area contributed by atoms with Crippen LogP contribution in [0.2, 0.25) is 0 Å². The lowest BCUT2D eigenvalue weighted by atomic mass is 9.92. The minimum atomic E-state index is -0.440. The van der Waals surface area contributed by atoms with Crippen LogP contribution in [0.5, 0.6) is 0 Å². The molecule has 1 aromatic rings. The molecule has 3 nitrogen and oxygen atoms in total. The monoisotopic (exact) mass is 325 g/mol. The van der Waals surface area contributed by atoms with Crippen LogP contribution < -0.4 is 5.32 Å². The summed E-state index contributed by atoms with van der Waals surface area (Å²) in [5.41, 5.74) is 0.575. The van der Waals surface area contributed by atoms with E-state index in [4.69, 9.17) is 4.74 Å². The molecule has 104 valence electrons. The molecule has 0 bridgehead atoms. The first-order valence-electron chi connectivity index (χ1n) is 6.83. The third-order valence-corrected chi connectivity index (χ3v) is 4.12. The van der Waals surface area contributed by atoms with E-state index in [1.54, 1.807) is 0 Å². The Kier molecular flexibility index (Phi) is 4.99. The van der Waals surface area contributed by atoms with Gasteiger partial charge in [0, 0.05) is 4.47 Å². The van der Waals surface area contributed by atoms with Gasteiger partial charge in [-0.05, 0) is 43.5 Å². The van der Waals surface area contributed by atoms with Gasteiger partial charge in [0.05, 0.1) is 0 Å². The van der Waals surface area contributed by atoms with E-state index in [1.165, 1.54) is 0 Å². The first-order chi connectivity index (χ1) is 9.16. The van der Waals surface area contributed by atoms with Crippen LogP contribution in [0.4, 0.5) is 0 Å². The third kappa shape index (κ3) is 3.57. The van der Waals surface area contributed by atoms with E-state index < -0.39 is 5.54 Å². The summed E-state index contributed by atoms with van der Waals surface area (Å²) in [6.07, 6.45) is 3.78. The Balaban J connectivity index is 1.94. The van der Waals surface area contributed by atoms with Crippen molar-refractivity contribution in [2.24, 2.45) is 0 Å². The van der Waals surface area contributed by atoms with Crippen molar-refractivity contribution in [3.8, 4) is 0 Å². The number of rotatable bonds is 5. The number of hydrogen-bond donors (Lipinski definition) is 1. The van der Waals surface area contributed by atoms with Crippen molar-refractivity contribution in [3.63, 3.8) is 0 Å². The summed E-state index contributed by atoms with van der Waals surface area (Å²) in [4.78, 5) is 12.3. The van der Waals surface area contributed by atoms with Gasteiger partial charge >= 0.3 is 5.97 Å². The van der Waals surface area contributed by atoms with E-state index in [1.807, 2.05) is 24.3 Å². The second kappa shape index (κ2) is 6.53. The van der Waals surface area contributed by atoms with Crippen LogP contribution in [0.15, 0.2) is 28.7 Å². The number of carbonyl (C=O) groups is 1. The van der Waals surface area contributed by atoms with E-state index in [0.29, 0.717) is 6.61 Å². The lowest BCUT2D eigenvalue weighted by Crippen LogP contribution is -2.48. The highest BCUT2D eigenvalue weighted by atomic mass is 79.9. The highest BCUT2D eigenvalue weighted by Gasteiger charge is 2.41. The zero-order valence-corrected chi connectivity index (χ0v) is 12.8. The summed E-state index contributed by atoms with van der Waals surface area (Å²) < 4.78 is 6.52. The second-order valence-electron chi connectivity index (χ2n) is 5.07. The molecule has 2 rings (SSSR count). The van der Waals surface area contributed by atoms with E-state index in [0.717, 1.165) is 42.3 Å². The van der Waals surface area contributed by atoms with Gasteiger partial charge in [-0.1, -0.05) is 41.4 Å². The molecule has 0 saturated carbocycles. The maximum absolute atomic E-state index is 12.3. The molecule has 0 radical (unpaired) electrons. The van der Waals surface area contributed by atoms with Crippen molar-refractivity contribution in [2.45, 2.75) is 44.8 Å². The first kappa shape index (κ1) is 14.5. The van der Waals surface area contributed by atoms with Crippen LogP contribution in [-0.2, 0) is 16.1 Å². The zero-order chi connectivity index (χ0) is 13.7. The summed E-state index contributed by atoms with van der Waals surface area (Å²) in [5.74, 6) is -0.102. The van der Waals surface area contributed by atoms with Gasteiger partial charge in [0.25, 0.3) is 0 Å². The van der Waals surface area contributed by atoms with Crippen molar-refractivity contribution < 1.29 is 9.53 Å². The minimum Gasteiger partial charge on any atom is -0.459 e. The van der Waals surface area contributed by atoms with Crippen LogP contribution >= 0.6 is 15.9 Å². The fourth-order valence-electron chi connectivity index (χ4n) is 2.59. The lowest BCUT2D eigenvalue weighted by Gasteiger charge is -2.26. The topological polar surface area (TPSA) is 38.3 Å². The Morgan fingerprint density at radius 2 is 2.16 bits per heavy atom. The molecule has 1 saturated heterocycles. The molecule has 4 heteroatoms. The van der Waals surface area contributed by atoms with Crippen molar-refractivity contribution in [1.29, 1.82) is 0 Å². The largest absolute Gasteiger partial charge is 0.459 e. The van der Waals surface area contributed by atoms with Crippen molar-refractivity contribution in [2.75, 3.05) is 6.54 Å². The molecule has 1 unspecified atom stereocenters. The van der Waals surface area contributed by atoms with Crippen molar-refractivity contribution in [1.82, 2.24) is 5.32 Å². The predicted octanol–water partition coefficient (Wildman–Crippen LogP) is 3.41. The van der Waals surface area contributed by atoms with Gasteiger partial charge in [-0.15, -0.1) is 0 Å². The van der Waals surface area contributed by atoms with Crippen molar-refractivity contribution >= 4 is 21.9 Å². The molecular weight excluding hydrogens is 306 g/mol. The molecule has 0 aliphatic carbocycles. The number of hydrogen-bond acceptors (Lipinski definition) is 3. The smallest absolute Gasteiger partial charge is 0.326 e. The van der Waals surface area contributed by atoms with Gasteiger partial charge in [-0.25, -0.2) is 0 Å². The molecule has 1 atom stereocenters. The number of halogens is 1. The molecule has 1 aliphatic rings.